The van der Waals surface area contributed by atoms with Crippen LogP contribution < -0.4 is 20.7 Å². The second-order valence-corrected chi connectivity index (χ2v) is 9.93. The summed E-state index contributed by atoms with van der Waals surface area (Å²) < 4.78 is 18.5. The van der Waals surface area contributed by atoms with Gasteiger partial charge < -0.3 is 20.7 Å². The van der Waals surface area contributed by atoms with Crippen LogP contribution in [0.25, 0.3) is 0 Å². The molecule has 4 rings (SSSR count). The van der Waals surface area contributed by atoms with Gasteiger partial charge in [0.25, 0.3) is 5.91 Å². The van der Waals surface area contributed by atoms with Gasteiger partial charge in [-0.3, -0.25) is 9.59 Å². The molecular weight excluding hydrogens is 511 g/mol. The Morgan fingerprint density at radius 1 is 1.14 bits per heavy atom. The number of amides is 2. The lowest BCUT2D eigenvalue weighted by atomic mass is 9.86. The fourth-order valence-electron chi connectivity index (χ4n) is 3.87. The molecule has 1 aliphatic rings. The van der Waals surface area contributed by atoms with Crippen molar-refractivity contribution in [3.05, 3.63) is 98.6 Å². The molecule has 0 saturated carbocycles. The third kappa shape index (κ3) is 6.02. The van der Waals surface area contributed by atoms with Crippen molar-refractivity contribution in [1.29, 1.82) is 5.26 Å². The summed E-state index contributed by atoms with van der Waals surface area (Å²) in [4.78, 5) is 26.9. The molecule has 0 saturated heterocycles. The topological polar surface area (TPSA) is 103 Å². The molecule has 0 unspecified atom stereocenters. The summed E-state index contributed by atoms with van der Waals surface area (Å²) in [5.74, 6) is -1.14. The molecule has 2 heterocycles. The number of anilines is 2. The zero-order chi connectivity index (χ0) is 26.4. The smallest absolute Gasteiger partial charge is 0.254 e. The van der Waals surface area contributed by atoms with Gasteiger partial charge in [0.05, 0.1) is 41.1 Å². The number of thioether (sulfide) groups is 1. The molecule has 10 heteroatoms. The molecule has 1 aliphatic heterocycles. The van der Waals surface area contributed by atoms with E-state index in [-0.39, 0.29) is 17.6 Å². The van der Waals surface area contributed by atoms with Crippen LogP contribution in [-0.2, 0) is 9.59 Å². The number of para-hydroxylation sites is 2. The molecule has 0 radical (unpaired) electrons. The monoisotopic (exact) mass is 534 g/mol. The highest BCUT2D eigenvalue weighted by Crippen LogP contribution is 2.42. The Kier molecular flexibility index (Phi) is 8.28. The minimum absolute atomic E-state index is 0.0120. The second kappa shape index (κ2) is 11.8. The van der Waals surface area contributed by atoms with Crippen molar-refractivity contribution in [1.82, 2.24) is 5.32 Å². The Bertz CT molecular complexity index is 1410. The number of nitriles is 1. The molecule has 2 aromatic carbocycles. The first-order valence-electron chi connectivity index (χ1n) is 11.2. The Hall–Kier alpha value is -4.07. The summed E-state index contributed by atoms with van der Waals surface area (Å²) >= 11 is 2.61. The summed E-state index contributed by atoms with van der Waals surface area (Å²) in [6.45, 7) is 1.77. The summed E-state index contributed by atoms with van der Waals surface area (Å²) in [6, 6.07) is 18.6. The van der Waals surface area contributed by atoms with E-state index < -0.39 is 11.7 Å². The fraction of sp³-hybridized carbons (Fsp3) is 0.148. The highest BCUT2D eigenvalue weighted by Gasteiger charge is 2.35. The number of nitrogens with one attached hydrogen (secondary N) is 3. The minimum atomic E-state index is -0.608. The van der Waals surface area contributed by atoms with Gasteiger partial charge in [-0.05, 0) is 54.8 Å². The molecular formula is C27H23FN4O3S2. The van der Waals surface area contributed by atoms with Gasteiger partial charge in [-0.2, -0.15) is 5.26 Å². The van der Waals surface area contributed by atoms with Crippen molar-refractivity contribution in [3.63, 3.8) is 0 Å². The van der Waals surface area contributed by atoms with E-state index in [0.717, 1.165) is 4.88 Å². The molecule has 7 nitrogen and oxygen atoms in total. The van der Waals surface area contributed by atoms with E-state index in [1.807, 2.05) is 23.6 Å². The maximum Gasteiger partial charge on any atom is 0.254 e. The van der Waals surface area contributed by atoms with Gasteiger partial charge in [-0.25, -0.2) is 4.39 Å². The van der Waals surface area contributed by atoms with Crippen LogP contribution in [0, 0.1) is 17.1 Å². The minimum Gasteiger partial charge on any atom is -0.495 e. The highest BCUT2D eigenvalue weighted by atomic mass is 32.2. The number of dihydropyridines is 1. The molecule has 0 aliphatic carbocycles. The van der Waals surface area contributed by atoms with Gasteiger partial charge in [0.1, 0.15) is 11.6 Å². The molecule has 37 heavy (non-hydrogen) atoms. The Balaban J connectivity index is 1.59. The van der Waals surface area contributed by atoms with E-state index in [1.165, 1.54) is 54.5 Å². The second-order valence-electron chi connectivity index (χ2n) is 7.96. The number of rotatable bonds is 8. The van der Waals surface area contributed by atoms with Crippen molar-refractivity contribution in [2.75, 3.05) is 23.5 Å². The van der Waals surface area contributed by atoms with E-state index in [2.05, 4.69) is 22.0 Å². The van der Waals surface area contributed by atoms with Crippen molar-refractivity contribution in [3.8, 4) is 11.8 Å². The number of thiophene rings is 1. The van der Waals surface area contributed by atoms with Crippen molar-refractivity contribution in [2.24, 2.45) is 0 Å². The molecule has 3 N–H and O–H groups in total. The number of nitrogens with zero attached hydrogens (tertiary/aromatic N) is 1. The number of carbonyl (C=O) groups excluding carboxylic acids is 2. The average Bonchev–Trinajstić information content (AvgIpc) is 3.43. The van der Waals surface area contributed by atoms with Crippen molar-refractivity contribution < 1.29 is 18.7 Å². The molecule has 2 amide bonds. The highest BCUT2D eigenvalue weighted by molar-refractivity contribution is 8.03. The summed E-state index contributed by atoms with van der Waals surface area (Å²) in [6.07, 6.45) is 0. The molecule has 3 aromatic rings. The predicted molar refractivity (Wildman–Crippen MR) is 145 cm³/mol. The number of methoxy groups -OCH3 is 1. The Labute approximate surface area is 222 Å². The third-order valence-corrected chi connectivity index (χ3v) is 7.50. The number of halogens is 1. The van der Waals surface area contributed by atoms with Gasteiger partial charge in [-0.15, -0.1) is 11.3 Å². The maximum absolute atomic E-state index is 13.5. The number of allylic oxidation sites excluding steroid dienone is 2. The van der Waals surface area contributed by atoms with Gasteiger partial charge in [0.15, 0.2) is 0 Å². The van der Waals surface area contributed by atoms with Crippen LogP contribution in [-0.4, -0.2) is 24.7 Å². The van der Waals surface area contributed by atoms with Gasteiger partial charge in [-0.1, -0.05) is 30.0 Å². The predicted octanol–water partition coefficient (Wildman–Crippen LogP) is 5.60. The average molecular weight is 535 g/mol. The van der Waals surface area contributed by atoms with Crippen molar-refractivity contribution >= 4 is 46.3 Å². The van der Waals surface area contributed by atoms with Crippen LogP contribution in [0.15, 0.2) is 87.9 Å². The van der Waals surface area contributed by atoms with Crippen molar-refractivity contribution in [2.45, 2.75) is 12.8 Å². The lowest BCUT2D eigenvalue weighted by molar-refractivity contribution is -0.114. The molecule has 0 fully saturated rings. The van der Waals surface area contributed by atoms with E-state index in [9.17, 15) is 19.2 Å². The van der Waals surface area contributed by atoms with Crippen LogP contribution in [0.3, 0.4) is 0 Å². The standard InChI is InChI=1S/C27H23FN4O3S2/c1-16-24(26(34)32-20-6-3-4-7-21(20)35-2)25(22-8-5-13-36-22)19(14-29)27(30-16)37-15-23(33)31-18-11-9-17(28)10-12-18/h3-13,25,30H,15H2,1-2H3,(H,31,33)(H,32,34)/t25-/m0/s1. The maximum atomic E-state index is 13.5. The van der Waals surface area contributed by atoms with Crippen LogP contribution in [0.1, 0.15) is 17.7 Å². The first-order chi connectivity index (χ1) is 17.9. The number of hydrogen-bond donors (Lipinski definition) is 3. The summed E-state index contributed by atoms with van der Waals surface area (Å²) in [5.41, 5.74) is 2.32. The Morgan fingerprint density at radius 3 is 2.57 bits per heavy atom. The van der Waals surface area contributed by atoms with Gasteiger partial charge in [0.2, 0.25) is 5.91 Å². The van der Waals surface area contributed by atoms with E-state index in [4.69, 9.17) is 4.74 Å². The SMILES string of the molecule is COc1ccccc1NC(=O)C1=C(C)NC(SCC(=O)Nc2ccc(F)cc2)=C(C#N)[C@H]1c1cccs1. The summed E-state index contributed by atoms with van der Waals surface area (Å²) in [5, 5.41) is 21.3. The summed E-state index contributed by atoms with van der Waals surface area (Å²) in [7, 11) is 1.53. The van der Waals surface area contributed by atoms with Gasteiger partial charge >= 0.3 is 0 Å². The number of hydrogen-bond acceptors (Lipinski definition) is 7. The van der Waals surface area contributed by atoms with Crippen LogP contribution in [0.4, 0.5) is 15.8 Å². The number of benzene rings is 2. The van der Waals surface area contributed by atoms with E-state index >= 15 is 0 Å². The van der Waals surface area contributed by atoms with E-state index in [1.54, 1.807) is 25.1 Å². The lowest BCUT2D eigenvalue weighted by Gasteiger charge is -2.29. The normalized spacial score (nSPS) is 15.0. The lowest BCUT2D eigenvalue weighted by Crippen LogP contribution is -2.31. The first kappa shape index (κ1) is 26.0. The van der Waals surface area contributed by atoms with Crippen LogP contribution in [0.2, 0.25) is 0 Å². The zero-order valence-electron chi connectivity index (χ0n) is 20.0. The first-order valence-corrected chi connectivity index (χ1v) is 13.1. The number of ether oxygens (including phenoxy) is 1. The quantitative estimate of drug-likeness (QED) is 0.348. The molecule has 1 aromatic heterocycles. The van der Waals surface area contributed by atoms with Crippen LogP contribution in [0.5, 0.6) is 5.75 Å². The molecule has 0 bridgehead atoms. The fourth-order valence-corrected chi connectivity index (χ4v) is 5.61. The Morgan fingerprint density at radius 2 is 1.89 bits per heavy atom. The number of carbonyl (C=O) groups is 2. The molecule has 188 valence electrons. The van der Waals surface area contributed by atoms with Crippen LogP contribution >= 0.6 is 23.1 Å². The van der Waals surface area contributed by atoms with E-state index in [0.29, 0.717) is 39.0 Å². The van der Waals surface area contributed by atoms with Gasteiger partial charge in [0, 0.05) is 21.8 Å². The zero-order valence-corrected chi connectivity index (χ0v) is 21.6. The molecule has 0 spiro atoms. The molecule has 1 atom stereocenters. The largest absolute Gasteiger partial charge is 0.495 e. The third-order valence-electron chi connectivity index (χ3n) is 5.55.